The van der Waals surface area contributed by atoms with Gasteiger partial charge in [-0.05, 0) is 58.8 Å². The summed E-state index contributed by atoms with van der Waals surface area (Å²) in [5.74, 6) is 0. The van der Waals surface area contributed by atoms with Crippen LogP contribution >= 0.6 is 45.8 Å². The Morgan fingerprint density at radius 1 is 1.28 bits per heavy atom. The highest BCUT2D eigenvalue weighted by atomic mass is 127. The fraction of sp³-hybridized carbons (Fsp3) is 0.214. The van der Waals surface area contributed by atoms with Gasteiger partial charge in [0.25, 0.3) is 0 Å². The molecule has 0 saturated heterocycles. The minimum Gasteiger partial charge on any atom is -0.261 e. The van der Waals surface area contributed by atoms with Crippen molar-refractivity contribution in [1.82, 2.24) is 4.98 Å². The first-order chi connectivity index (χ1) is 8.56. The number of hydrogen-bond donors (Lipinski definition) is 0. The van der Waals surface area contributed by atoms with Crippen molar-refractivity contribution in [2.75, 3.05) is 0 Å². The lowest BCUT2D eigenvalue weighted by Gasteiger charge is -2.10. The average Bonchev–Trinajstić information content (AvgIpc) is 2.35. The van der Waals surface area contributed by atoms with E-state index in [9.17, 15) is 0 Å². The van der Waals surface area contributed by atoms with Crippen LogP contribution in [0, 0.1) is 10.5 Å². The summed E-state index contributed by atoms with van der Waals surface area (Å²) < 4.78 is 1.04. The monoisotopic (exact) mass is 391 g/mol. The first-order valence-corrected chi connectivity index (χ1v) is 7.46. The van der Waals surface area contributed by atoms with Crippen LogP contribution in [0.15, 0.2) is 36.5 Å². The molecular weight excluding hydrogens is 380 g/mol. The number of rotatable bonds is 3. The molecule has 2 rings (SSSR count). The van der Waals surface area contributed by atoms with E-state index < -0.39 is 0 Å². The van der Waals surface area contributed by atoms with E-state index in [2.05, 4.69) is 27.6 Å². The predicted molar refractivity (Wildman–Crippen MR) is 85.4 cm³/mol. The van der Waals surface area contributed by atoms with Gasteiger partial charge in [-0.25, -0.2) is 0 Å². The molecule has 1 atom stereocenters. The van der Waals surface area contributed by atoms with Crippen molar-refractivity contribution in [3.05, 3.63) is 61.9 Å². The molecule has 94 valence electrons. The molecule has 0 fully saturated rings. The van der Waals surface area contributed by atoms with Crippen LogP contribution < -0.4 is 0 Å². The van der Waals surface area contributed by atoms with Gasteiger partial charge >= 0.3 is 0 Å². The van der Waals surface area contributed by atoms with Crippen molar-refractivity contribution < 1.29 is 0 Å². The van der Waals surface area contributed by atoms with Crippen LogP contribution in [0.1, 0.15) is 22.2 Å². The minimum atomic E-state index is -0.102. The highest BCUT2D eigenvalue weighted by Gasteiger charge is 2.11. The van der Waals surface area contributed by atoms with Gasteiger partial charge in [-0.3, -0.25) is 4.98 Å². The number of aryl methyl sites for hydroxylation is 1. The summed E-state index contributed by atoms with van der Waals surface area (Å²) in [5, 5.41) is 0.644. The topological polar surface area (TPSA) is 12.9 Å². The molecule has 1 unspecified atom stereocenters. The van der Waals surface area contributed by atoms with E-state index in [0.29, 0.717) is 6.42 Å². The smallest absolute Gasteiger partial charge is 0.0641 e. The van der Waals surface area contributed by atoms with Crippen LogP contribution in [0.25, 0.3) is 0 Å². The molecule has 1 aromatic heterocycles. The summed E-state index contributed by atoms with van der Waals surface area (Å²) in [6, 6.07) is 9.98. The van der Waals surface area contributed by atoms with Gasteiger partial charge in [0.1, 0.15) is 0 Å². The third-order valence-corrected chi connectivity index (χ3v) is 4.64. The van der Waals surface area contributed by atoms with E-state index in [-0.39, 0.29) is 5.38 Å². The summed E-state index contributed by atoms with van der Waals surface area (Å²) in [6.07, 6.45) is 2.57. The number of hydrogen-bond acceptors (Lipinski definition) is 1. The molecule has 0 aliphatic carbocycles. The Kier molecular flexibility index (Phi) is 4.87. The van der Waals surface area contributed by atoms with E-state index in [1.54, 1.807) is 0 Å². The first kappa shape index (κ1) is 14.1. The molecule has 0 aliphatic heterocycles. The lowest BCUT2D eigenvalue weighted by Crippen LogP contribution is -1.98. The van der Waals surface area contributed by atoms with E-state index >= 15 is 0 Å². The van der Waals surface area contributed by atoms with Crippen LogP contribution in [0.5, 0.6) is 0 Å². The number of aromatic nitrogens is 1. The van der Waals surface area contributed by atoms with E-state index in [0.717, 1.165) is 25.4 Å². The molecule has 4 heteroatoms. The van der Waals surface area contributed by atoms with E-state index in [4.69, 9.17) is 23.2 Å². The molecule has 0 bridgehead atoms. The second-order valence-electron chi connectivity index (χ2n) is 4.17. The Bertz CT molecular complexity index is 540. The number of pyridine rings is 1. The van der Waals surface area contributed by atoms with Gasteiger partial charge in [-0.2, -0.15) is 0 Å². The zero-order valence-electron chi connectivity index (χ0n) is 9.83. The van der Waals surface area contributed by atoms with Gasteiger partial charge in [0, 0.05) is 21.9 Å². The molecule has 0 radical (unpaired) electrons. The number of nitrogens with zero attached hydrogens (tertiary/aromatic N) is 1. The highest BCUT2D eigenvalue weighted by molar-refractivity contribution is 14.1. The van der Waals surface area contributed by atoms with Crippen molar-refractivity contribution in [3.63, 3.8) is 0 Å². The number of benzene rings is 1. The zero-order valence-corrected chi connectivity index (χ0v) is 13.5. The van der Waals surface area contributed by atoms with E-state index in [1.165, 1.54) is 0 Å². The van der Waals surface area contributed by atoms with Gasteiger partial charge < -0.3 is 0 Å². The van der Waals surface area contributed by atoms with Crippen LogP contribution in [0.3, 0.4) is 0 Å². The second-order valence-corrected chi connectivity index (χ2v) is 6.27. The highest BCUT2D eigenvalue weighted by Crippen LogP contribution is 2.28. The quantitative estimate of drug-likeness (QED) is 0.519. The standard InChI is InChI=1S/C14H12Cl2IN/c1-9-2-4-11(18-8-9)7-12(15)10-3-5-14(17)13(16)6-10/h2-6,8,12H,7H2,1H3. The van der Waals surface area contributed by atoms with Crippen LogP contribution in [-0.4, -0.2) is 4.98 Å². The summed E-state index contributed by atoms with van der Waals surface area (Å²) in [4.78, 5) is 4.36. The predicted octanol–water partition coefficient (Wildman–Crippen LogP) is 5.17. The molecule has 18 heavy (non-hydrogen) atoms. The fourth-order valence-corrected chi connectivity index (χ4v) is 2.45. The van der Waals surface area contributed by atoms with Gasteiger partial charge in [0.15, 0.2) is 0 Å². The average molecular weight is 392 g/mol. The summed E-state index contributed by atoms with van der Waals surface area (Å²) >= 11 is 14.7. The molecule has 1 nitrogen and oxygen atoms in total. The zero-order chi connectivity index (χ0) is 13.1. The molecule has 0 aliphatic rings. The molecule has 2 aromatic rings. The largest absolute Gasteiger partial charge is 0.261 e. The Morgan fingerprint density at radius 2 is 2.06 bits per heavy atom. The Morgan fingerprint density at radius 3 is 2.67 bits per heavy atom. The molecule has 0 amide bonds. The number of alkyl halides is 1. The molecule has 1 heterocycles. The second kappa shape index (κ2) is 6.22. The third kappa shape index (κ3) is 3.59. The molecule has 0 N–H and O–H groups in total. The lowest BCUT2D eigenvalue weighted by molar-refractivity contribution is 0.878. The maximum Gasteiger partial charge on any atom is 0.0641 e. The Balaban J connectivity index is 2.13. The van der Waals surface area contributed by atoms with Crippen LogP contribution in [0.2, 0.25) is 5.02 Å². The van der Waals surface area contributed by atoms with E-state index in [1.807, 2.05) is 43.5 Å². The van der Waals surface area contributed by atoms with Gasteiger partial charge in [-0.15, -0.1) is 11.6 Å². The molecule has 0 saturated carbocycles. The van der Waals surface area contributed by atoms with Crippen molar-refractivity contribution in [1.29, 1.82) is 0 Å². The van der Waals surface area contributed by atoms with Crippen molar-refractivity contribution in [3.8, 4) is 0 Å². The van der Waals surface area contributed by atoms with Crippen LogP contribution in [-0.2, 0) is 6.42 Å². The Hall–Kier alpha value is -0.320. The first-order valence-electron chi connectivity index (χ1n) is 5.57. The summed E-state index contributed by atoms with van der Waals surface area (Å²) in [7, 11) is 0. The van der Waals surface area contributed by atoms with Gasteiger partial charge in [0.2, 0.25) is 0 Å². The van der Waals surface area contributed by atoms with Crippen molar-refractivity contribution >= 4 is 45.8 Å². The normalized spacial score (nSPS) is 12.4. The van der Waals surface area contributed by atoms with Crippen molar-refractivity contribution in [2.45, 2.75) is 18.7 Å². The molecular formula is C14H12Cl2IN. The lowest BCUT2D eigenvalue weighted by atomic mass is 10.1. The van der Waals surface area contributed by atoms with Gasteiger partial charge in [-0.1, -0.05) is 23.7 Å². The number of halogens is 3. The van der Waals surface area contributed by atoms with Crippen LogP contribution in [0.4, 0.5) is 0 Å². The fourth-order valence-electron chi connectivity index (χ4n) is 1.63. The third-order valence-electron chi connectivity index (χ3n) is 2.67. The molecule has 0 spiro atoms. The molecule has 1 aromatic carbocycles. The summed E-state index contributed by atoms with van der Waals surface area (Å²) in [6.45, 7) is 2.02. The SMILES string of the molecule is Cc1ccc(CC(Cl)c2ccc(I)c(Cl)c2)nc1. The van der Waals surface area contributed by atoms with Crippen molar-refractivity contribution in [2.24, 2.45) is 0 Å². The maximum absolute atomic E-state index is 6.40. The minimum absolute atomic E-state index is 0.102. The Labute approximate surface area is 131 Å². The van der Waals surface area contributed by atoms with Gasteiger partial charge in [0.05, 0.1) is 10.4 Å². The maximum atomic E-state index is 6.40. The summed E-state index contributed by atoms with van der Waals surface area (Å²) in [5.41, 5.74) is 3.18.